The Morgan fingerprint density at radius 2 is 2.36 bits per heavy atom. The highest BCUT2D eigenvalue weighted by Gasteiger charge is 2.19. The van der Waals surface area contributed by atoms with Crippen molar-refractivity contribution in [3.63, 3.8) is 0 Å². The zero-order chi connectivity index (χ0) is 10.1. The number of nitrogens with zero attached hydrogens (tertiary/aromatic N) is 2. The molecule has 0 aliphatic carbocycles. The van der Waals surface area contributed by atoms with Crippen LogP contribution in [0.3, 0.4) is 0 Å². The molecule has 2 aromatic rings. The number of para-hydroxylation sites is 1. The van der Waals surface area contributed by atoms with Gasteiger partial charge in [0.1, 0.15) is 0 Å². The van der Waals surface area contributed by atoms with Crippen molar-refractivity contribution in [3.05, 3.63) is 33.9 Å². The molecule has 0 saturated carbocycles. The summed E-state index contributed by atoms with van der Waals surface area (Å²) in [6.07, 6.45) is 0. The van der Waals surface area contributed by atoms with Crippen LogP contribution in [-0.2, 0) is 5.33 Å². The average Bonchev–Trinajstić information content (AvgIpc) is 2.60. The number of hydrogen-bond acceptors (Lipinski definition) is 4. The minimum Gasteiger partial charge on any atom is -0.381 e. The topological polar surface area (TPSA) is 69.2 Å². The van der Waals surface area contributed by atoms with Gasteiger partial charge in [0.2, 0.25) is 5.52 Å². The summed E-state index contributed by atoms with van der Waals surface area (Å²) in [5.74, 6) is 0. The predicted molar refractivity (Wildman–Crippen MR) is 53.3 cm³/mol. The molecule has 1 aromatic heterocycles. The fourth-order valence-corrected chi connectivity index (χ4v) is 1.63. The Bertz CT molecular complexity index is 494. The van der Waals surface area contributed by atoms with Crippen molar-refractivity contribution in [1.29, 1.82) is 0 Å². The molecular formula is C8H5BrN2O3. The Balaban J connectivity index is 2.70. The summed E-state index contributed by atoms with van der Waals surface area (Å²) >= 11 is 3.27. The summed E-state index contributed by atoms with van der Waals surface area (Å²) in [4.78, 5) is 13.6. The Morgan fingerprint density at radius 1 is 1.57 bits per heavy atom. The molecule has 0 atom stereocenters. The monoisotopic (exact) mass is 256 g/mol. The van der Waals surface area contributed by atoms with Gasteiger partial charge in [0.25, 0.3) is 0 Å². The third-order valence-corrected chi connectivity index (χ3v) is 2.40. The second-order valence-corrected chi connectivity index (χ2v) is 3.21. The fraction of sp³-hybridized carbons (Fsp3) is 0.125. The van der Waals surface area contributed by atoms with E-state index in [1.807, 2.05) is 6.07 Å². The standard InChI is InChI=1S/C8H5BrN2O3/c9-4-5-2-1-3-6-7(5)10-8(14-6)11(12)13/h1-3H,4H2. The van der Waals surface area contributed by atoms with Crippen LogP contribution in [0.15, 0.2) is 22.6 Å². The predicted octanol–water partition coefficient (Wildman–Crippen LogP) is 2.63. The van der Waals surface area contributed by atoms with E-state index in [2.05, 4.69) is 20.9 Å². The van der Waals surface area contributed by atoms with Crippen molar-refractivity contribution in [1.82, 2.24) is 4.98 Å². The van der Waals surface area contributed by atoms with Gasteiger partial charge in [-0.15, -0.1) is 0 Å². The lowest BCUT2D eigenvalue weighted by atomic mass is 10.2. The summed E-state index contributed by atoms with van der Waals surface area (Å²) in [5.41, 5.74) is 1.85. The van der Waals surface area contributed by atoms with Crippen LogP contribution in [0, 0.1) is 10.1 Å². The van der Waals surface area contributed by atoms with Gasteiger partial charge in [-0.2, -0.15) is 0 Å². The van der Waals surface area contributed by atoms with E-state index in [1.54, 1.807) is 12.1 Å². The van der Waals surface area contributed by atoms with E-state index >= 15 is 0 Å². The van der Waals surface area contributed by atoms with Gasteiger partial charge in [-0.3, -0.25) is 0 Å². The van der Waals surface area contributed by atoms with E-state index in [1.165, 1.54) is 0 Å². The zero-order valence-electron chi connectivity index (χ0n) is 6.94. The smallest absolute Gasteiger partial charge is 0.381 e. The number of rotatable bonds is 2. The highest BCUT2D eigenvalue weighted by atomic mass is 79.9. The van der Waals surface area contributed by atoms with E-state index in [9.17, 15) is 10.1 Å². The van der Waals surface area contributed by atoms with Gasteiger partial charge in [0.05, 0.1) is 0 Å². The molecule has 72 valence electrons. The molecule has 0 fully saturated rings. The van der Waals surface area contributed by atoms with E-state index < -0.39 is 10.9 Å². The second kappa shape index (κ2) is 3.38. The molecule has 0 amide bonds. The number of halogens is 1. The van der Waals surface area contributed by atoms with Crippen LogP contribution in [0.2, 0.25) is 0 Å². The Morgan fingerprint density at radius 3 is 3.00 bits per heavy atom. The fourth-order valence-electron chi connectivity index (χ4n) is 1.18. The summed E-state index contributed by atoms with van der Waals surface area (Å²) < 4.78 is 4.94. The quantitative estimate of drug-likeness (QED) is 0.471. The molecule has 2 rings (SSSR count). The van der Waals surface area contributed by atoms with Crippen molar-refractivity contribution in [3.8, 4) is 0 Å². The summed E-state index contributed by atoms with van der Waals surface area (Å²) in [7, 11) is 0. The van der Waals surface area contributed by atoms with Gasteiger partial charge >= 0.3 is 6.01 Å². The SMILES string of the molecule is O=[N+]([O-])c1nc2c(CBr)cccc2o1. The van der Waals surface area contributed by atoms with Crippen molar-refractivity contribution in [2.75, 3.05) is 0 Å². The van der Waals surface area contributed by atoms with Crippen LogP contribution in [0.25, 0.3) is 11.1 Å². The Labute approximate surface area is 87.0 Å². The molecule has 14 heavy (non-hydrogen) atoms. The molecule has 0 bridgehead atoms. The molecule has 0 aliphatic rings. The van der Waals surface area contributed by atoms with Crippen molar-refractivity contribution >= 4 is 33.0 Å². The molecule has 0 saturated heterocycles. The molecule has 6 heteroatoms. The zero-order valence-corrected chi connectivity index (χ0v) is 8.52. The van der Waals surface area contributed by atoms with Crippen molar-refractivity contribution in [2.24, 2.45) is 0 Å². The van der Waals surface area contributed by atoms with Gasteiger partial charge in [-0.25, -0.2) is 0 Å². The third kappa shape index (κ3) is 1.37. The maximum Gasteiger partial charge on any atom is 0.546 e. The van der Waals surface area contributed by atoms with Gasteiger partial charge in [0.15, 0.2) is 5.58 Å². The number of aromatic nitrogens is 1. The van der Waals surface area contributed by atoms with Crippen molar-refractivity contribution in [2.45, 2.75) is 5.33 Å². The number of nitro groups is 1. The Kier molecular flexibility index (Phi) is 2.20. The summed E-state index contributed by atoms with van der Waals surface area (Å²) in [6, 6.07) is 4.80. The molecule has 5 nitrogen and oxygen atoms in total. The number of fused-ring (bicyclic) bond motifs is 1. The first-order chi connectivity index (χ1) is 6.72. The molecule has 1 heterocycles. The lowest BCUT2D eigenvalue weighted by Gasteiger charge is -1.89. The molecule has 0 radical (unpaired) electrons. The number of benzene rings is 1. The van der Waals surface area contributed by atoms with Crippen LogP contribution in [0.4, 0.5) is 6.01 Å². The highest BCUT2D eigenvalue weighted by Crippen LogP contribution is 2.24. The lowest BCUT2D eigenvalue weighted by Crippen LogP contribution is -1.86. The first-order valence-corrected chi connectivity index (χ1v) is 4.93. The lowest BCUT2D eigenvalue weighted by molar-refractivity contribution is -0.406. The maximum atomic E-state index is 10.4. The van der Waals surface area contributed by atoms with Crippen LogP contribution in [-0.4, -0.2) is 9.91 Å². The third-order valence-electron chi connectivity index (χ3n) is 1.79. The van der Waals surface area contributed by atoms with Gasteiger partial charge in [-0.05, 0) is 6.07 Å². The molecule has 0 N–H and O–H groups in total. The van der Waals surface area contributed by atoms with Crippen molar-refractivity contribution < 1.29 is 9.34 Å². The minimum absolute atomic E-state index is 0.439. The minimum atomic E-state index is -0.641. The number of alkyl halides is 1. The molecule has 0 unspecified atom stereocenters. The number of hydrogen-bond donors (Lipinski definition) is 0. The molecule has 0 aliphatic heterocycles. The van der Waals surface area contributed by atoms with Gasteiger partial charge in [-0.1, -0.05) is 28.1 Å². The van der Waals surface area contributed by atoms with E-state index in [0.717, 1.165) is 5.56 Å². The maximum absolute atomic E-state index is 10.4. The number of oxazole rings is 1. The average molecular weight is 257 g/mol. The van der Waals surface area contributed by atoms with Gasteiger partial charge < -0.3 is 14.5 Å². The Hall–Kier alpha value is -1.43. The van der Waals surface area contributed by atoms with E-state index in [-0.39, 0.29) is 0 Å². The van der Waals surface area contributed by atoms with E-state index in [4.69, 9.17) is 4.42 Å². The molecular weight excluding hydrogens is 252 g/mol. The molecule has 0 spiro atoms. The van der Waals surface area contributed by atoms with Crippen LogP contribution >= 0.6 is 15.9 Å². The second-order valence-electron chi connectivity index (χ2n) is 2.65. The van der Waals surface area contributed by atoms with E-state index in [0.29, 0.717) is 16.4 Å². The molecule has 1 aromatic carbocycles. The highest BCUT2D eigenvalue weighted by molar-refractivity contribution is 9.08. The van der Waals surface area contributed by atoms with Crippen LogP contribution in [0.5, 0.6) is 0 Å². The first-order valence-electron chi connectivity index (χ1n) is 3.81. The largest absolute Gasteiger partial charge is 0.546 e. The van der Waals surface area contributed by atoms with Crippen LogP contribution < -0.4 is 0 Å². The first kappa shape index (κ1) is 9.14. The van der Waals surface area contributed by atoms with Crippen LogP contribution in [0.1, 0.15) is 5.56 Å². The normalized spacial score (nSPS) is 10.6. The van der Waals surface area contributed by atoms with Gasteiger partial charge in [0, 0.05) is 20.8 Å². The summed E-state index contributed by atoms with van der Waals surface area (Å²) in [5, 5.41) is 11.0. The summed E-state index contributed by atoms with van der Waals surface area (Å²) in [6.45, 7) is 0.